The normalized spacial score (nSPS) is 30.0. The third-order valence-electron chi connectivity index (χ3n) is 3.67. The Morgan fingerprint density at radius 1 is 1.12 bits per heavy atom. The van der Waals surface area contributed by atoms with Crippen LogP contribution in [0.3, 0.4) is 0 Å². The summed E-state index contributed by atoms with van der Waals surface area (Å²) in [6, 6.07) is 0. The van der Waals surface area contributed by atoms with Crippen LogP contribution in [-0.4, -0.2) is 46.5 Å². The smallest absolute Gasteiger partial charge is 0.306 e. The molecule has 0 radical (unpaired) electrons. The molecule has 2 rings (SSSR count). The fourth-order valence-corrected chi connectivity index (χ4v) is 3.54. The molecular weight excluding hydrogens is 238 g/mol. The average Bonchev–Trinajstić information content (AvgIpc) is 2.65. The number of hydrogen-bond acceptors (Lipinski definition) is 3. The van der Waals surface area contributed by atoms with E-state index in [1.165, 1.54) is 0 Å². The molecule has 0 aromatic carbocycles. The summed E-state index contributed by atoms with van der Waals surface area (Å²) in [6.07, 6.45) is 3.01. The number of rotatable bonds is 2. The largest absolute Gasteiger partial charge is 0.481 e. The molecule has 0 spiro atoms. The first-order valence-corrected chi connectivity index (χ1v) is 7.43. The van der Waals surface area contributed by atoms with Crippen molar-refractivity contribution < 1.29 is 14.7 Å². The summed E-state index contributed by atoms with van der Waals surface area (Å²) in [5.41, 5.74) is 0. The molecule has 1 aliphatic carbocycles. The van der Waals surface area contributed by atoms with E-state index in [1.54, 1.807) is 0 Å². The lowest BCUT2D eigenvalue weighted by molar-refractivity contribution is -0.141. The molecule has 1 aliphatic heterocycles. The molecule has 5 heteroatoms. The van der Waals surface area contributed by atoms with Crippen LogP contribution >= 0.6 is 11.8 Å². The van der Waals surface area contributed by atoms with Crippen molar-refractivity contribution >= 4 is 23.6 Å². The fraction of sp³-hybridized carbons (Fsp3) is 0.833. The fourth-order valence-electron chi connectivity index (χ4n) is 2.65. The van der Waals surface area contributed by atoms with Gasteiger partial charge < -0.3 is 10.0 Å². The van der Waals surface area contributed by atoms with Gasteiger partial charge in [-0.3, -0.25) is 9.59 Å². The summed E-state index contributed by atoms with van der Waals surface area (Å²) in [5.74, 6) is 1.25. The van der Waals surface area contributed by atoms with Gasteiger partial charge in [0.05, 0.1) is 5.92 Å². The van der Waals surface area contributed by atoms with Gasteiger partial charge in [-0.15, -0.1) is 0 Å². The Bertz CT molecular complexity index is 300. The molecule has 0 aromatic rings. The molecule has 2 atom stereocenters. The zero-order valence-electron chi connectivity index (χ0n) is 9.93. The minimum absolute atomic E-state index is 0.0424. The second-order valence-electron chi connectivity index (χ2n) is 4.84. The monoisotopic (exact) mass is 257 g/mol. The Balaban J connectivity index is 1.89. The SMILES string of the molecule is O=C(O)C1CCC(C(=O)N2CCCSCC2)C1. The maximum Gasteiger partial charge on any atom is 0.306 e. The van der Waals surface area contributed by atoms with Crippen LogP contribution in [0.5, 0.6) is 0 Å². The van der Waals surface area contributed by atoms with E-state index < -0.39 is 5.97 Å². The maximum atomic E-state index is 12.2. The van der Waals surface area contributed by atoms with Crippen LogP contribution < -0.4 is 0 Å². The number of carboxylic acid groups (broad SMARTS) is 1. The number of hydrogen-bond donors (Lipinski definition) is 1. The van der Waals surface area contributed by atoms with E-state index in [0.29, 0.717) is 12.8 Å². The standard InChI is InChI=1S/C12H19NO3S/c14-11(13-4-1-6-17-7-5-13)9-2-3-10(8-9)12(15)16/h9-10H,1-8H2,(H,15,16). The Hall–Kier alpha value is -0.710. The first-order valence-electron chi connectivity index (χ1n) is 6.28. The number of carbonyl (C=O) groups is 2. The van der Waals surface area contributed by atoms with Crippen LogP contribution in [0.4, 0.5) is 0 Å². The first-order chi connectivity index (χ1) is 8.18. The Morgan fingerprint density at radius 2 is 1.88 bits per heavy atom. The zero-order valence-corrected chi connectivity index (χ0v) is 10.7. The topological polar surface area (TPSA) is 57.6 Å². The van der Waals surface area contributed by atoms with Crippen LogP contribution in [-0.2, 0) is 9.59 Å². The molecule has 2 aliphatic rings. The van der Waals surface area contributed by atoms with Gasteiger partial charge in [0.15, 0.2) is 0 Å². The van der Waals surface area contributed by atoms with Crippen LogP contribution in [0.2, 0.25) is 0 Å². The quantitative estimate of drug-likeness (QED) is 0.813. The van der Waals surface area contributed by atoms with Crippen molar-refractivity contribution in [3.63, 3.8) is 0 Å². The van der Waals surface area contributed by atoms with E-state index in [9.17, 15) is 9.59 Å². The highest BCUT2D eigenvalue weighted by molar-refractivity contribution is 7.99. The Morgan fingerprint density at radius 3 is 2.59 bits per heavy atom. The maximum absolute atomic E-state index is 12.2. The Kier molecular flexibility index (Phi) is 4.31. The minimum atomic E-state index is -0.744. The predicted octanol–water partition coefficient (Wildman–Crippen LogP) is 1.45. The highest BCUT2D eigenvalue weighted by atomic mass is 32.2. The van der Waals surface area contributed by atoms with Gasteiger partial charge in [-0.05, 0) is 31.4 Å². The summed E-state index contributed by atoms with van der Waals surface area (Å²) in [6.45, 7) is 1.68. The molecule has 96 valence electrons. The average molecular weight is 257 g/mol. The second-order valence-corrected chi connectivity index (χ2v) is 6.06. The molecule has 1 N–H and O–H groups in total. The van der Waals surface area contributed by atoms with Crippen molar-refractivity contribution in [2.24, 2.45) is 11.8 Å². The van der Waals surface area contributed by atoms with Gasteiger partial charge in [-0.25, -0.2) is 0 Å². The molecule has 4 nitrogen and oxygen atoms in total. The van der Waals surface area contributed by atoms with Gasteiger partial charge in [0.25, 0.3) is 0 Å². The van der Waals surface area contributed by atoms with Crippen LogP contribution in [0.25, 0.3) is 0 Å². The summed E-state index contributed by atoms with van der Waals surface area (Å²) in [7, 11) is 0. The first kappa shape index (κ1) is 12.7. The summed E-state index contributed by atoms with van der Waals surface area (Å²) in [5, 5.41) is 8.94. The molecule has 17 heavy (non-hydrogen) atoms. The highest BCUT2D eigenvalue weighted by Crippen LogP contribution is 2.32. The molecule has 1 amide bonds. The van der Waals surface area contributed by atoms with Crippen molar-refractivity contribution in [2.45, 2.75) is 25.7 Å². The highest BCUT2D eigenvalue weighted by Gasteiger charge is 2.35. The molecule has 2 unspecified atom stereocenters. The number of carbonyl (C=O) groups excluding carboxylic acids is 1. The van der Waals surface area contributed by atoms with Gasteiger partial charge in [-0.1, -0.05) is 0 Å². The predicted molar refractivity (Wildman–Crippen MR) is 67.0 cm³/mol. The van der Waals surface area contributed by atoms with E-state index in [2.05, 4.69) is 0 Å². The van der Waals surface area contributed by atoms with Crippen LogP contribution in [0.15, 0.2) is 0 Å². The van der Waals surface area contributed by atoms with Crippen molar-refractivity contribution in [1.82, 2.24) is 4.90 Å². The molecule has 1 saturated carbocycles. The minimum Gasteiger partial charge on any atom is -0.481 e. The Labute approximate surface area is 106 Å². The van der Waals surface area contributed by atoms with Gasteiger partial charge in [0.2, 0.25) is 5.91 Å². The third kappa shape index (κ3) is 3.15. The zero-order chi connectivity index (χ0) is 12.3. The van der Waals surface area contributed by atoms with E-state index in [0.717, 1.165) is 37.4 Å². The number of nitrogens with zero attached hydrogens (tertiary/aromatic N) is 1. The van der Waals surface area contributed by atoms with Crippen LogP contribution in [0, 0.1) is 11.8 Å². The van der Waals surface area contributed by atoms with Gasteiger partial charge in [0.1, 0.15) is 0 Å². The second kappa shape index (κ2) is 5.76. The third-order valence-corrected chi connectivity index (χ3v) is 4.71. The van der Waals surface area contributed by atoms with Gasteiger partial charge in [-0.2, -0.15) is 11.8 Å². The van der Waals surface area contributed by atoms with Crippen molar-refractivity contribution in [2.75, 3.05) is 24.6 Å². The lowest BCUT2D eigenvalue weighted by Gasteiger charge is -2.23. The van der Waals surface area contributed by atoms with Gasteiger partial charge in [0, 0.05) is 24.8 Å². The molecule has 1 saturated heterocycles. The van der Waals surface area contributed by atoms with E-state index in [-0.39, 0.29) is 17.7 Å². The van der Waals surface area contributed by atoms with Crippen molar-refractivity contribution in [1.29, 1.82) is 0 Å². The molecular formula is C12H19NO3S. The molecule has 0 bridgehead atoms. The molecule has 1 heterocycles. The van der Waals surface area contributed by atoms with Crippen molar-refractivity contribution in [3.05, 3.63) is 0 Å². The molecule has 0 aromatic heterocycles. The lowest BCUT2D eigenvalue weighted by atomic mass is 10.0. The number of thioether (sulfide) groups is 1. The lowest BCUT2D eigenvalue weighted by Crippen LogP contribution is -2.37. The summed E-state index contributed by atoms with van der Waals surface area (Å²) < 4.78 is 0. The van der Waals surface area contributed by atoms with E-state index >= 15 is 0 Å². The number of amides is 1. The van der Waals surface area contributed by atoms with Crippen molar-refractivity contribution in [3.8, 4) is 0 Å². The van der Waals surface area contributed by atoms with Crippen LogP contribution in [0.1, 0.15) is 25.7 Å². The summed E-state index contributed by atoms with van der Waals surface area (Å²) >= 11 is 1.90. The summed E-state index contributed by atoms with van der Waals surface area (Å²) in [4.78, 5) is 25.1. The number of aliphatic carboxylic acids is 1. The van der Waals surface area contributed by atoms with E-state index in [1.807, 2.05) is 16.7 Å². The van der Waals surface area contributed by atoms with E-state index in [4.69, 9.17) is 5.11 Å². The molecule has 2 fully saturated rings. The number of carboxylic acids is 1. The van der Waals surface area contributed by atoms with Gasteiger partial charge >= 0.3 is 5.97 Å².